The number of aromatic nitrogens is 4. The highest BCUT2D eigenvalue weighted by Crippen LogP contribution is 2.23. The summed E-state index contributed by atoms with van der Waals surface area (Å²) in [6, 6.07) is 14.1. The smallest absolute Gasteiger partial charge is 0.235 e. The molecular formula is C17H13FN4OS. The first kappa shape index (κ1) is 14.8. The van der Waals surface area contributed by atoms with Gasteiger partial charge in [-0.05, 0) is 36.8 Å². The van der Waals surface area contributed by atoms with E-state index in [0.717, 1.165) is 16.3 Å². The van der Waals surface area contributed by atoms with Crippen molar-refractivity contribution < 1.29 is 9.13 Å². The Morgan fingerprint density at radius 3 is 2.83 bits per heavy atom. The second-order valence-electron chi connectivity index (χ2n) is 5.33. The normalized spacial score (nSPS) is 11.1. The van der Waals surface area contributed by atoms with Crippen molar-refractivity contribution in [1.82, 2.24) is 19.8 Å². The second kappa shape index (κ2) is 6.01. The molecule has 0 saturated carbocycles. The van der Waals surface area contributed by atoms with Gasteiger partial charge in [0.2, 0.25) is 4.96 Å². The molecule has 120 valence electrons. The van der Waals surface area contributed by atoms with Crippen LogP contribution in [0.5, 0.6) is 5.75 Å². The molecule has 0 aliphatic rings. The summed E-state index contributed by atoms with van der Waals surface area (Å²) in [5, 5.41) is 13.5. The lowest BCUT2D eigenvalue weighted by Gasteiger charge is -2.04. The SMILES string of the molecule is Cc1cccc(OCc2nn3c(-c4cccc(F)c4)nnc3s2)c1. The summed E-state index contributed by atoms with van der Waals surface area (Å²) < 4.78 is 20.8. The largest absolute Gasteiger partial charge is 0.486 e. The van der Waals surface area contributed by atoms with Crippen LogP contribution in [0, 0.1) is 12.7 Å². The fourth-order valence-electron chi connectivity index (χ4n) is 2.37. The Labute approximate surface area is 141 Å². The van der Waals surface area contributed by atoms with Gasteiger partial charge in [-0.2, -0.15) is 9.61 Å². The van der Waals surface area contributed by atoms with E-state index in [0.29, 0.717) is 23.0 Å². The second-order valence-corrected chi connectivity index (χ2v) is 6.37. The monoisotopic (exact) mass is 340 g/mol. The molecule has 0 N–H and O–H groups in total. The van der Waals surface area contributed by atoms with Crippen molar-refractivity contribution in [1.29, 1.82) is 0 Å². The molecule has 7 heteroatoms. The van der Waals surface area contributed by atoms with E-state index in [-0.39, 0.29) is 5.82 Å². The number of rotatable bonds is 4. The van der Waals surface area contributed by atoms with Crippen LogP contribution in [0.4, 0.5) is 4.39 Å². The van der Waals surface area contributed by atoms with Crippen molar-refractivity contribution in [3.05, 3.63) is 64.9 Å². The minimum absolute atomic E-state index is 0.317. The van der Waals surface area contributed by atoms with E-state index in [9.17, 15) is 4.39 Å². The van der Waals surface area contributed by atoms with Gasteiger partial charge < -0.3 is 4.74 Å². The third-order valence-corrected chi connectivity index (χ3v) is 4.34. The molecule has 0 amide bonds. The summed E-state index contributed by atoms with van der Waals surface area (Å²) in [5.41, 5.74) is 1.78. The molecule has 2 aromatic heterocycles. The van der Waals surface area contributed by atoms with Crippen LogP contribution in [-0.4, -0.2) is 19.8 Å². The number of aryl methyl sites for hydroxylation is 1. The van der Waals surface area contributed by atoms with Crippen LogP contribution in [0.2, 0.25) is 0 Å². The molecule has 0 unspecified atom stereocenters. The molecule has 0 fully saturated rings. The number of ether oxygens (including phenoxy) is 1. The van der Waals surface area contributed by atoms with Gasteiger partial charge in [-0.25, -0.2) is 4.39 Å². The van der Waals surface area contributed by atoms with Gasteiger partial charge in [0.1, 0.15) is 18.2 Å². The molecule has 0 atom stereocenters. The molecule has 2 heterocycles. The highest BCUT2D eigenvalue weighted by molar-refractivity contribution is 7.16. The number of hydrogen-bond acceptors (Lipinski definition) is 5. The predicted octanol–water partition coefficient (Wildman–Crippen LogP) is 3.88. The van der Waals surface area contributed by atoms with Crippen molar-refractivity contribution in [2.75, 3.05) is 0 Å². The van der Waals surface area contributed by atoms with Gasteiger partial charge in [0.15, 0.2) is 10.8 Å². The molecule has 0 aliphatic heterocycles. The van der Waals surface area contributed by atoms with Crippen molar-refractivity contribution >= 4 is 16.3 Å². The summed E-state index contributed by atoms with van der Waals surface area (Å²) in [5.74, 6) is 0.997. The number of nitrogens with zero attached hydrogens (tertiary/aromatic N) is 4. The Morgan fingerprint density at radius 1 is 1.12 bits per heavy atom. The van der Waals surface area contributed by atoms with Crippen LogP contribution >= 0.6 is 11.3 Å². The summed E-state index contributed by atoms with van der Waals surface area (Å²) in [4.78, 5) is 0.650. The van der Waals surface area contributed by atoms with Gasteiger partial charge in [-0.15, -0.1) is 10.2 Å². The molecular weight excluding hydrogens is 327 g/mol. The van der Waals surface area contributed by atoms with E-state index in [4.69, 9.17) is 4.74 Å². The number of halogens is 1. The minimum Gasteiger partial charge on any atom is -0.486 e. The van der Waals surface area contributed by atoms with Crippen LogP contribution in [0.15, 0.2) is 48.5 Å². The summed E-state index contributed by atoms with van der Waals surface area (Å²) in [6.45, 7) is 2.36. The molecule has 0 bridgehead atoms. The van der Waals surface area contributed by atoms with Crippen LogP contribution in [-0.2, 0) is 6.61 Å². The summed E-state index contributed by atoms with van der Waals surface area (Å²) >= 11 is 1.40. The van der Waals surface area contributed by atoms with Gasteiger partial charge in [0, 0.05) is 5.56 Å². The van der Waals surface area contributed by atoms with Crippen molar-refractivity contribution in [2.45, 2.75) is 13.5 Å². The van der Waals surface area contributed by atoms with E-state index in [2.05, 4.69) is 15.3 Å². The zero-order valence-corrected chi connectivity index (χ0v) is 13.6. The molecule has 2 aromatic carbocycles. The molecule has 0 saturated heterocycles. The zero-order chi connectivity index (χ0) is 16.5. The molecule has 24 heavy (non-hydrogen) atoms. The first-order valence-corrected chi connectivity index (χ1v) is 8.17. The van der Waals surface area contributed by atoms with Crippen LogP contribution in [0.3, 0.4) is 0 Å². The van der Waals surface area contributed by atoms with Crippen LogP contribution < -0.4 is 4.74 Å². The van der Waals surface area contributed by atoms with Gasteiger partial charge >= 0.3 is 0 Å². The Hall–Kier alpha value is -2.80. The maximum Gasteiger partial charge on any atom is 0.235 e. The molecule has 0 spiro atoms. The fraction of sp³-hybridized carbons (Fsp3) is 0.118. The third kappa shape index (κ3) is 2.85. The topological polar surface area (TPSA) is 52.3 Å². The van der Waals surface area contributed by atoms with Crippen molar-refractivity contribution in [3.63, 3.8) is 0 Å². The Bertz CT molecular complexity index is 1010. The molecule has 5 nitrogen and oxygen atoms in total. The number of fused-ring (bicyclic) bond motifs is 1. The first-order valence-electron chi connectivity index (χ1n) is 7.35. The first-order chi connectivity index (χ1) is 11.7. The van der Waals surface area contributed by atoms with Gasteiger partial charge in [-0.1, -0.05) is 35.6 Å². The lowest BCUT2D eigenvalue weighted by Crippen LogP contribution is -1.97. The van der Waals surface area contributed by atoms with E-state index in [1.807, 2.05) is 31.2 Å². The Balaban J connectivity index is 1.60. The fourth-order valence-corrected chi connectivity index (χ4v) is 3.12. The summed E-state index contributed by atoms with van der Waals surface area (Å²) in [7, 11) is 0. The average molecular weight is 340 g/mol. The van der Waals surface area contributed by atoms with E-state index in [1.165, 1.54) is 23.5 Å². The standard InChI is InChI=1S/C17H13FN4OS/c1-11-4-2-7-14(8-11)23-10-15-21-22-16(19-20-17(22)24-15)12-5-3-6-13(18)9-12/h2-9H,10H2,1H3. The molecule has 0 aliphatic carbocycles. The molecule has 0 radical (unpaired) electrons. The Morgan fingerprint density at radius 2 is 2.00 bits per heavy atom. The number of benzene rings is 2. The molecule has 4 aromatic rings. The minimum atomic E-state index is -0.317. The van der Waals surface area contributed by atoms with E-state index in [1.54, 1.807) is 16.6 Å². The summed E-state index contributed by atoms with van der Waals surface area (Å²) in [6.07, 6.45) is 0. The van der Waals surface area contributed by atoms with Gasteiger partial charge in [0.05, 0.1) is 0 Å². The van der Waals surface area contributed by atoms with Gasteiger partial charge in [-0.3, -0.25) is 0 Å². The quantitative estimate of drug-likeness (QED) is 0.566. The predicted molar refractivity (Wildman–Crippen MR) is 89.6 cm³/mol. The van der Waals surface area contributed by atoms with Crippen LogP contribution in [0.25, 0.3) is 16.3 Å². The maximum absolute atomic E-state index is 13.4. The van der Waals surface area contributed by atoms with Crippen molar-refractivity contribution in [2.24, 2.45) is 0 Å². The lowest BCUT2D eigenvalue weighted by molar-refractivity contribution is 0.304. The third-order valence-electron chi connectivity index (χ3n) is 3.47. The maximum atomic E-state index is 13.4. The molecule has 4 rings (SSSR count). The highest BCUT2D eigenvalue weighted by Gasteiger charge is 2.14. The van der Waals surface area contributed by atoms with E-state index < -0.39 is 0 Å². The highest BCUT2D eigenvalue weighted by atomic mass is 32.1. The van der Waals surface area contributed by atoms with Gasteiger partial charge in [0.25, 0.3) is 0 Å². The van der Waals surface area contributed by atoms with E-state index >= 15 is 0 Å². The Kier molecular flexibility index (Phi) is 3.70. The number of hydrogen-bond donors (Lipinski definition) is 0. The lowest BCUT2D eigenvalue weighted by atomic mass is 10.2. The average Bonchev–Trinajstić information content (AvgIpc) is 3.13. The van der Waals surface area contributed by atoms with Crippen molar-refractivity contribution in [3.8, 4) is 17.1 Å². The van der Waals surface area contributed by atoms with Crippen LogP contribution in [0.1, 0.15) is 10.6 Å². The zero-order valence-electron chi connectivity index (χ0n) is 12.8.